The lowest BCUT2D eigenvalue weighted by atomic mass is 9.58. The van der Waals surface area contributed by atoms with Gasteiger partial charge >= 0.3 is 0 Å². The molecule has 0 atom stereocenters. The molecule has 1 aromatic rings. The summed E-state index contributed by atoms with van der Waals surface area (Å²) in [6.45, 7) is 5.70. The van der Waals surface area contributed by atoms with Crippen LogP contribution in [-0.2, 0) is 5.41 Å². The van der Waals surface area contributed by atoms with E-state index in [1.807, 2.05) is 0 Å². The van der Waals surface area contributed by atoms with Crippen LogP contribution in [0.5, 0.6) is 0 Å². The van der Waals surface area contributed by atoms with Gasteiger partial charge in [0.2, 0.25) is 0 Å². The highest BCUT2D eigenvalue weighted by Crippen LogP contribution is 2.49. The van der Waals surface area contributed by atoms with Crippen LogP contribution < -0.4 is 5.32 Å². The molecule has 0 heterocycles. The highest BCUT2D eigenvalue weighted by Gasteiger charge is 2.44. The van der Waals surface area contributed by atoms with E-state index in [1.165, 1.54) is 44.2 Å². The van der Waals surface area contributed by atoms with Crippen molar-refractivity contribution in [1.82, 2.24) is 5.32 Å². The number of benzene rings is 1. The van der Waals surface area contributed by atoms with Crippen LogP contribution in [0.2, 0.25) is 0 Å². The second-order valence-corrected chi connectivity index (χ2v) is 6.48. The van der Waals surface area contributed by atoms with Crippen molar-refractivity contribution in [2.24, 2.45) is 5.92 Å². The van der Waals surface area contributed by atoms with Crippen LogP contribution in [0, 0.1) is 12.8 Å². The third-order valence-corrected chi connectivity index (χ3v) is 4.91. The normalized spacial score (nSPS) is 31.1. The Kier molecular flexibility index (Phi) is 3.19. The molecule has 18 heavy (non-hydrogen) atoms. The van der Waals surface area contributed by atoms with Crippen molar-refractivity contribution < 1.29 is 0 Å². The van der Waals surface area contributed by atoms with Gasteiger partial charge in [0.15, 0.2) is 0 Å². The Hall–Kier alpha value is -0.820. The van der Waals surface area contributed by atoms with Gasteiger partial charge in [-0.1, -0.05) is 43.2 Å². The summed E-state index contributed by atoms with van der Waals surface area (Å²) in [5, 5.41) is 3.76. The first-order valence-corrected chi connectivity index (χ1v) is 7.52. The van der Waals surface area contributed by atoms with Gasteiger partial charge in [-0.15, -0.1) is 0 Å². The highest BCUT2D eigenvalue weighted by molar-refractivity contribution is 5.32. The summed E-state index contributed by atoms with van der Waals surface area (Å²) < 4.78 is 0. The van der Waals surface area contributed by atoms with Gasteiger partial charge in [-0.05, 0) is 44.1 Å². The van der Waals surface area contributed by atoms with E-state index in [0.29, 0.717) is 5.41 Å². The molecule has 2 fully saturated rings. The van der Waals surface area contributed by atoms with Crippen molar-refractivity contribution in [3.63, 3.8) is 0 Å². The topological polar surface area (TPSA) is 12.0 Å². The van der Waals surface area contributed by atoms with Gasteiger partial charge < -0.3 is 5.32 Å². The zero-order valence-electron chi connectivity index (χ0n) is 11.7. The number of hydrogen-bond donors (Lipinski definition) is 1. The molecule has 0 radical (unpaired) electrons. The molecule has 1 nitrogen and oxygen atoms in total. The van der Waals surface area contributed by atoms with Gasteiger partial charge in [-0.25, -0.2) is 0 Å². The predicted octanol–water partition coefficient (Wildman–Crippen LogP) is 3.80. The SMILES string of the molecule is CCC1CC(CNC2CC2)(c2ccc(C)cc2)C1. The Morgan fingerprint density at radius 1 is 1.17 bits per heavy atom. The minimum absolute atomic E-state index is 0.441. The first kappa shape index (κ1) is 12.2. The summed E-state index contributed by atoms with van der Waals surface area (Å²) in [6, 6.07) is 10.1. The van der Waals surface area contributed by atoms with Crippen molar-refractivity contribution in [1.29, 1.82) is 0 Å². The minimum Gasteiger partial charge on any atom is -0.313 e. The Balaban J connectivity index is 1.74. The molecule has 1 heteroatoms. The maximum Gasteiger partial charge on any atom is 0.00831 e. The predicted molar refractivity (Wildman–Crippen MR) is 76.9 cm³/mol. The van der Waals surface area contributed by atoms with Crippen LogP contribution in [0.25, 0.3) is 0 Å². The van der Waals surface area contributed by atoms with Crippen molar-refractivity contribution >= 4 is 0 Å². The van der Waals surface area contributed by atoms with E-state index in [-0.39, 0.29) is 0 Å². The Morgan fingerprint density at radius 2 is 1.83 bits per heavy atom. The first-order chi connectivity index (χ1) is 8.72. The van der Waals surface area contributed by atoms with E-state index in [0.717, 1.165) is 12.0 Å². The van der Waals surface area contributed by atoms with Crippen LogP contribution in [0.1, 0.15) is 50.2 Å². The summed E-state index contributed by atoms with van der Waals surface area (Å²) in [5.74, 6) is 0.951. The fourth-order valence-electron chi connectivity index (χ4n) is 3.35. The maximum absolute atomic E-state index is 3.76. The molecule has 1 aromatic carbocycles. The van der Waals surface area contributed by atoms with Gasteiger partial charge in [-0.2, -0.15) is 0 Å². The van der Waals surface area contributed by atoms with Crippen molar-refractivity contribution in [3.05, 3.63) is 35.4 Å². The molecule has 98 valence electrons. The fraction of sp³-hybridized carbons (Fsp3) is 0.647. The quantitative estimate of drug-likeness (QED) is 0.829. The van der Waals surface area contributed by atoms with Crippen LogP contribution in [0.15, 0.2) is 24.3 Å². The largest absolute Gasteiger partial charge is 0.313 e. The van der Waals surface area contributed by atoms with E-state index < -0.39 is 0 Å². The molecule has 0 unspecified atom stereocenters. The molecule has 2 aliphatic carbocycles. The van der Waals surface area contributed by atoms with Crippen LogP contribution in [0.3, 0.4) is 0 Å². The standard InChI is InChI=1S/C17H25N/c1-3-14-10-17(11-14,12-18-16-8-9-16)15-6-4-13(2)5-7-15/h4-7,14,16,18H,3,8-12H2,1-2H3. The molecule has 1 N–H and O–H groups in total. The molecule has 0 saturated heterocycles. The lowest BCUT2D eigenvalue weighted by Gasteiger charge is -2.48. The first-order valence-electron chi connectivity index (χ1n) is 7.52. The van der Waals surface area contributed by atoms with Gasteiger partial charge in [0.05, 0.1) is 0 Å². The molecule has 2 aliphatic rings. The van der Waals surface area contributed by atoms with E-state index >= 15 is 0 Å². The van der Waals surface area contributed by atoms with E-state index in [1.54, 1.807) is 5.56 Å². The molecule has 0 amide bonds. The van der Waals surface area contributed by atoms with Gasteiger partial charge in [0.1, 0.15) is 0 Å². The van der Waals surface area contributed by atoms with Crippen LogP contribution in [0.4, 0.5) is 0 Å². The summed E-state index contributed by atoms with van der Waals surface area (Å²) in [7, 11) is 0. The molecule has 0 bridgehead atoms. The molecule has 0 aliphatic heterocycles. The smallest absolute Gasteiger partial charge is 0.00831 e. The molecular weight excluding hydrogens is 218 g/mol. The summed E-state index contributed by atoms with van der Waals surface area (Å²) in [6.07, 6.45) is 6.89. The molecule has 0 aromatic heterocycles. The van der Waals surface area contributed by atoms with Crippen LogP contribution >= 0.6 is 0 Å². The number of hydrogen-bond acceptors (Lipinski definition) is 1. The third-order valence-electron chi connectivity index (χ3n) is 4.91. The van der Waals surface area contributed by atoms with E-state index in [2.05, 4.69) is 43.4 Å². The second-order valence-electron chi connectivity index (χ2n) is 6.48. The highest BCUT2D eigenvalue weighted by atomic mass is 15.0. The summed E-state index contributed by atoms with van der Waals surface area (Å²) in [4.78, 5) is 0. The zero-order valence-corrected chi connectivity index (χ0v) is 11.7. The maximum atomic E-state index is 3.76. The number of rotatable bonds is 5. The van der Waals surface area contributed by atoms with E-state index in [4.69, 9.17) is 0 Å². The zero-order chi connectivity index (χ0) is 12.6. The second kappa shape index (κ2) is 4.70. The van der Waals surface area contributed by atoms with Crippen molar-refractivity contribution in [2.75, 3.05) is 6.54 Å². The number of aryl methyl sites for hydroxylation is 1. The number of nitrogens with one attached hydrogen (secondary N) is 1. The Bertz CT molecular complexity index is 396. The summed E-state index contributed by atoms with van der Waals surface area (Å²) in [5.41, 5.74) is 3.37. The van der Waals surface area contributed by atoms with Crippen LogP contribution in [-0.4, -0.2) is 12.6 Å². The Labute approximate surface area is 111 Å². The average Bonchev–Trinajstić information content (AvgIpc) is 3.14. The lowest BCUT2D eigenvalue weighted by Crippen LogP contribution is -2.49. The molecule has 0 spiro atoms. The minimum atomic E-state index is 0.441. The van der Waals surface area contributed by atoms with Crippen molar-refractivity contribution in [3.8, 4) is 0 Å². The Morgan fingerprint density at radius 3 is 2.39 bits per heavy atom. The monoisotopic (exact) mass is 243 g/mol. The van der Waals surface area contributed by atoms with Gasteiger partial charge in [-0.3, -0.25) is 0 Å². The van der Waals surface area contributed by atoms with E-state index in [9.17, 15) is 0 Å². The molecule has 2 saturated carbocycles. The third kappa shape index (κ3) is 2.33. The van der Waals surface area contributed by atoms with Gasteiger partial charge in [0.25, 0.3) is 0 Å². The fourth-order valence-corrected chi connectivity index (χ4v) is 3.35. The summed E-state index contributed by atoms with van der Waals surface area (Å²) >= 11 is 0. The average molecular weight is 243 g/mol. The van der Waals surface area contributed by atoms with Gasteiger partial charge in [0, 0.05) is 18.0 Å². The molecular formula is C17H25N. The molecule has 3 rings (SSSR count). The van der Waals surface area contributed by atoms with Crippen molar-refractivity contribution in [2.45, 2.75) is 57.4 Å². The lowest BCUT2D eigenvalue weighted by molar-refractivity contribution is 0.133.